The molecule has 1 heterocycles. The van der Waals surface area contributed by atoms with E-state index in [9.17, 15) is 12.8 Å². The molecule has 2 aromatic carbocycles. The van der Waals surface area contributed by atoms with Crippen molar-refractivity contribution >= 4 is 21.4 Å². The Bertz CT molecular complexity index is 1030. The van der Waals surface area contributed by atoms with E-state index in [1.54, 1.807) is 28.9 Å². The lowest BCUT2D eigenvalue weighted by molar-refractivity contribution is 0.386. The molecule has 0 fully saturated rings. The maximum absolute atomic E-state index is 13.6. The van der Waals surface area contributed by atoms with Crippen LogP contribution >= 0.6 is 11.6 Å². The molecule has 3 aromatic rings. The summed E-state index contributed by atoms with van der Waals surface area (Å²) < 4.78 is 43.3. The summed E-state index contributed by atoms with van der Waals surface area (Å²) in [4.78, 5) is 0.219. The molecule has 0 bridgehead atoms. The normalized spacial score (nSPS) is 11.5. The van der Waals surface area contributed by atoms with Crippen molar-refractivity contribution in [3.05, 3.63) is 59.5 Å². The molecule has 0 radical (unpaired) electrons. The highest BCUT2D eigenvalue weighted by molar-refractivity contribution is 7.90. The van der Waals surface area contributed by atoms with Gasteiger partial charge in [0.25, 0.3) is 0 Å². The molecular weight excluding hydrogens is 367 g/mol. The lowest BCUT2D eigenvalue weighted by Crippen LogP contribution is -2.01. The minimum absolute atomic E-state index is 0.0856. The minimum Gasteiger partial charge on any atom is -0.494 e. The van der Waals surface area contributed by atoms with Crippen molar-refractivity contribution in [2.24, 2.45) is 0 Å². The lowest BCUT2D eigenvalue weighted by Gasteiger charge is -2.10. The monoisotopic (exact) mass is 380 g/mol. The fraction of sp³-hybridized carbons (Fsp3) is 0.118. The van der Waals surface area contributed by atoms with Gasteiger partial charge in [-0.05, 0) is 24.3 Å². The number of ether oxygens (including phenoxy) is 1. The summed E-state index contributed by atoms with van der Waals surface area (Å²) in [5.41, 5.74) is 1.92. The molecule has 1 aromatic heterocycles. The van der Waals surface area contributed by atoms with Crippen LogP contribution in [-0.2, 0) is 9.84 Å². The summed E-state index contributed by atoms with van der Waals surface area (Å²) in [6.45, 7) is 0. The highest BCUT2D eigenvalue weighted by Gasteiger charge is 2.14. The average Bonchev–Trinajstić information content (AvgIpc) is 2.96. The number of nitrogens with zero attached hydrogens (tertiary/aromatic N) is 2. The van der Waals surface area contributed by atoms with Crippen molar-refractivity contribution in [2.75, 3.05) is 13.4 Å². The topological polar surface area (TPSA) is 61.2 Å². The number of halogens is 2. The largest absolute Gasteiger partial charge is 0.494 e. The first-order valence-electron chi connectivity index (χ1n) is 7.19. The van der Waals surface area contributed by atoms with E-state index >= 15 is 0 Å². The number of hydrogen-bond donors (Lipinski definition) is 0. The van der Waals surface area contributed by atoms with E-state index in [4.69, 9.17) is 16.3 Å². The van der Waals surface area contributed by atoms with Gasteiger partial charge < -0.3 is 4.74 Å². The molecular formula is C17H14ClFN2O3S. The molecule has 3 rings (SSSR count). The molecule has 0 saturated heterocycles. The molecule has 0 unspecified atom stereocenters. The van der Waals surface area contributed by atoms with Crippen molar-refractivity contribution in [1.29, 1.82) is 0 Å². The van der Waals surface area contributed by atoms with Gasteiger partial charge in [-0.2, -0.15) is 5.10 Å². The lowest BCUT2D eigenvalue weighted by atomic mass is 10.1. The first-order chi connectivity index (χ1) is 11.8. The van der Waals surface area contributed by atoms with E-state index < -0.39 is 15.7 Å². The molecule has 0 aliphatic heterocycles. The zero-order valence-corrected chi connectivity index (χ0v) is 15.0. The molecule has 0 spiro atoms. The zero-order valence-electron chi connectivity index (χ0n) is 13.4. The SMILES string of the molecule is COc1cc(-n2nc(Cl)cc2-c2ccc(S(C)(=O)=O)cc2)ccc1F. The number of methoxy groups -OCH3 is 1. The van der Waals surface area contributed by atoms with E-state index in [0.717, 1.165) is 11.8 Å². The van der Waals surface area contributed by atoms with E-state index in [1.165, 1.54) is 31.4 Å². The van der Waals surface area contributed by atoms with Crippen molar-refractivity contribution < 1.29 is 17.5 Å². The van der Waals surface area contributed by atoms with Crippen LogP contribution in [0.25, 0.3) is 16.9 Å². The van der Waals surface area contributed by atoms with Crippen molar-refractivity contribution in [1.82, 2.24) is 9.78 Å². The first-order valence-corrected chi connectivity index (χ1v) is 9.46. The Balaban J connectivity index is 2.10. The Labute approximate surface area is 149 Å². The fourth-order valence-corrected chi connectivity index (χ4v) is 3.22. The Morgan fingerprint density at radius 1 is 1.12 bits per heavy atom. The first kappa shape index (κ1) is 17.4. The van der Waals surface area contributed by atoms with Crippen LogP contribution in [0.15, 0.2) is 53.4 Å². The van der Waals surface area contributed by atoms with Gasteiger partial charge in [-0.1, -0.05) is 23.7 Å². The van der Waals surface area contributed by atoms with E-state index in [2.05, 4.69) is 5.10 Å². The van der Waals surface area contributed by atoms with Crippen LogP contribution in [-0.4, -0.2) is 31.6 Å². The minimum atomic E-state index is -3.28. The maximum atomic E-state index is 13.6. The van der Waals surface area contributed by atoms with Crippen molar-refractivity contribution in [3.8, 4) is 22.7 Å². The molecule has 0 saturated carbocycles. The Morgan fingerprint density at radius 3 is 2.40 bits per heavy atom. The molecule has 0 amide bonds. The molecule has 25 heavy (non-hydrogen) atoms. The Kier molecular flexibility index (Phi) is 4.53. The highest BCUT2D eigenvalue weighted by atomic mass is 35.5. The Morgan fingerprint density at radius 2 is 1.80 bits per heavy atom. The highest BCUT2D eigenvalue weighted by Crippen LogP contribution is 2.29. The molecule has 0 atom stereocenters. The number of benzene rings is 2. The zero-order chi connectivity index (χ0) is 18.2. The van der Waals surface area contributed by atoms with Crippen LogP contribution in [0.3, 0.4) is 0 Å². The van der Waals surface area contributed by atoms with Gasteiger partial charge in [0.15, 0.2) is 26.6 Å². The van der Waals surface area contributed by atoms with Crippen LogP contribution in [0.5, 0.6) is 5.75 Å². The summed E-state index contributed by atoms with van der Waals surface area (Å²) in [5, 5.41) is 4.47. The number of sulfone groups is 1. The number of aromatic nitrogens is 2. The van der Waals surface area contributed by atoms with Gasteiger partial charge in [-0.15, -0.1) is 0 Å². The third-order valence-electron chi connectivity index (χ3n) is 3.64. The molecule has 0 aliphatic rings. The van der Waals surface area contributed by atoms with Gasteiger partial charge in [0.1, 0.15) is 0 Å². The second-order valence-electron chi connectivity index (χ2n) is 5.38. The smallest absolute Gasteiger partial charge is 0.175 e. The van der Waals surface area contributed by atoms with Crippen LogP contribution in [0.4, 0.5) is 4.39 Å². The van der Waals surface area contributed by atoms with Crippen molar-refractivity contribution in [2.45, 2.75) is 4.90 Å². The van der Waals surface area contributed by atoms with Gasteiger partial charge in [-0.3, -0.25) is 0 Å². The summed E-state index contributed by atoms with van der Waals surface area (Å²) >= 11 is 6.04. The molecule has 8 heteroatoms. The third kappa shape index (κ3) is 3.52. The molecule has 0 N–H and O–H groups in total. The van der Waals surface area contributed by atoms with Gasteiger partial charge >= 0.3 is 0 Å². The van der Waals surface area contributed by atoms with E-state index in [0.29, 0.717) is 11.4 Å². The van der Waals surface area contributed by atoms with E-state index in [1.807, 2.05) is 0 Å². The summed E-state index contributed by atoms with van der Waals surface area (Å²) in [6.07, 6.45) is 1.15. The summed E-state index contributed by atoms with van der Waals surface area (Å²) in [7, 11) is -1.90. The van der Waals surface area contributed by atoms with Crippen LogP contribution in [0.2, 0.25) is 5.15 Å². The van der Waals surface area contributed by atoms with Crippen LogP contribution < -0.4 is 4.74 Å². The third-order valence-corrected chi connectivity index (χ3v) is 4.95. The molecule has 5 nitrogen and oxygen atoms in total. The van der Waals surface area contributed by atoms with Gasteiger partial charge in [0, 0.05) is 24.0 Å². The number of rotatable bonds is 4. The van der Waals surface area contributed by atoms with Crippen molar-refractivity contribution in [3.63, 3.8) is 0 Å². The fourth-order valence-electron chi connectivity index (χ4n) is 2.41. The second kappa shape index (κ2) is 6.50. The number of hydrogen-bond acceptors (Lipinski definition) is 4. The Hall–Kier alpha value is -2.38. The summed E-state index contributed by atoms with van der Waals surface area (Å²) in [5.74, 6) is -0.397. The van der Waals surface area contributed by atoms with Crippen LogP contribution in [0, 0.1) is 5.82 Å². The molecule has 130 valence electrons. The maximum Gasteiger partial charge on any atom is 0.175 e. The van der Waals surface area contributed by atoms with Crippen LogP contribution in [0.1, 0.15) is 0 Å². The predicted molar refractivity (Wildman–Crippen MR) is 93.6 cm³/mol. The standard InChI is InChI=1S/C17H14ClFN2O3S/c1-24-16-9-12(5-8-14(16)19)21-15(10-17(18)20-21)11-3-6-13(7-4-11)25(2,22)23/h3-10H,1-2H3. The average molecular weight is 381 g/mol. The van der Waals surface area contributed by atoms with Gasteiger partial charge in [0.05, 0.1) is 23.4 Å². The predicted octanol–water partition coefficient (Wildman–Crippen LogP) is 3.74. The molecule has 0 aliphatic carbocycles. The second-order valence-corrected chi connectivity index (χ2v) is 7.78. The van der Waals surface area contributed by atoms with Gasteiger partial charge in [-0.25, -0.2) is 17.5 Å². The summed E-state index contributed by atoms with van der Waals surface area (Å²) in [6, 6.07) is 12.3. The van der Waals surface area contributed by atoms with E-state index in [-0.39, 0.29) is 15.8 Å². The van der Waals surface area contributed by atoms with Gasteiger partial charge in [0.2, 0.25) is 0 Å². The quantitative estimate of drug-likeness (QED) is 0.691.